The molecule has 0 saturated carbocycles. The van der Waals surface area contributed by atoms with Crippen LogP contribution in [0.15, 0.2) is 15.2 Å². The van der Waals surface area contributed by atoms with Crippen LogP contribution in [-0.4, -0.2) is 0 Å². The lowest BCUT2D eigenvalue weighted by Gasteiger charge is -2.14. The Hall–Kier alpha value is 0.100. The van der Waals surface area contributed by atoms with Crippen molar-refractivity contribution in [2.75, 3.05) is 0 Å². The highest BCUT2D eigenvalue weighted by Crippen LogP contribution is 2.27. The molecule has 1 aromatic rings. The predicted molar refractivity (Wildman–Crippen MR) is 89.3 cm³/mol. The maximum absolute atomic E-state index is 5.65. The van der Waals surface area contributed by atoms with E-state index in [-0.39, 0.29) is 0 Å². The van der Waals surface area contributed by atoms with Crippen LogP contribution in [0, 0.1) is 0 Å². The highest BCUT2D eigenvalue weighted by Gasteiger charge is 2.10. The van der Waals surface area contributed by atoms with Crippen LogP contribution in [0.2, 0.25) is 0 Å². The summed E-state index contributed by atoms with van der Waals surface area (Å²) >= 11 is 5.23. The molecule has 0 radical (unpaired) electrons. The first-order valence-corrected chi connectivity index (χ1v) is 9.15. The van der Waals surface area contributed by atoms with Gasteiger partial charge < -0.3 is 0 Å². The molecule has 1 heterocycles. The van der Waals surface area contributed by atoms with Gasteiger partial charge in [-0.15, -0.1) is 11.3 Å². The summed E-state index contributed by atoms with van der Waals surface area (Å²) in [5.74, 6) is 5.65. The zero-order chi connectivity index (χ0) is 13.9. The van der Waals surface area contributed by atoms with Gasteiger partial charge in [-0.05, 0) is 39.4 Å². The first-order chi connectivity index (χ1) is 9.27. The van der Waals surface area contributed by atoms with Crippen LogP contribution in [-0.2, 0) is 0 Å². The lowest BCUT2D eigenvalue weighted by molar-refractivity contribution is 0.476. The zero-order valence-electron chi connectivity index (χ0n) is 12.0. The quantitative estimate of drug-likeness (QED) is 0.313. The van der Waals surface area contributed by atoms with Gasteiger partial charge >= 0.3 is 0 Å². The first-order valence-electron chi connectivity index (χ1n) is 7.48. The molecular weight excluding hydrogens is 320 g/mol. The summed E-state index contributed by atoms with van der Waals surface area (Å²) < 4.78 is 1.18. The highest BCUT2D eigenvalue weighted by atomic mass is 79.9. The van der Waals surface area contributed by atoms with Crippen molar-refractivity contribution >= 4 is 27.3 Å². The molecule has 1 atom stereocenters. The molecule has 0 aliphatic rings. The molecular formula is C15H27BrN2S. The van der Waals surface area contributed by atoms with Crippen molar-refractivity contribution in [2.45, 2.75) is 70.8 Å². The third-order valence-electron chi connectivity index (χ3n) is 3.54. The number of rotatable bonds is 11. The van der Waals surface area contributed by atoms with Gasteiger partial charge in [-0.2, -0.15) is 0 Å². The van der Waals surface area contributed by atoms with E-state index in [1.807, 2.05) is 0 Å². The van der Waals surface area contributed by atoms with Gasteiger partial charge in [-0.1, -0.05) is 58.3 Å². The van der Waals surface area contributed by atoms with Gasteiger partial charge in [0.25, 0.3) is 0 Å². The second-order valence-corrected chi connectivity index (χ2v) is 7.46. The fourth-order valence-electron chi connectivity index (χ4n) is 2.33. The van der Waals surface area contributed by atoms with Gasteiger partial charge in [0.1, 0.15) is 0 Å². The van der Waals surface area contributed by atoms with Crippen molar-refractivity contribution < 1.29 is 0 Å². The minimum Gasteiger partial charge on any atom is -0.271 e. The maximum atomic E-state index is 5.65. The van der Waals surface area contributed by atoms with Gasteiger partial charge in [-0.3, -0.25) is 11.3 Å². The van der Waals surface area contributed by atoms with E-state index in [0.717, 1.165) is 6.42 Å². The topological polar surface area (TPSA) is 38.0 Å². The van der Waals surface area contributed by atoms with Crippen LogP contribution in [0.5, 0.6) is 0 Å². The summed E-state index contributed by atoms with van der Waals surface area (Å²) in [4.78, 5) is 0. The molecule has 0 aromatic carbocycles. The Morgan fingerprint density at radius 3 is 2.32 bits per heavy atom. The van der Waals surface area contributed by atoms with Crippen LogP contribution < -0.4 is 11.3 Å². The minimum atomic E-state index is 0.308. The minimum absolute atomic E-state index is 0.308. The van der Waals surface area contributed by atoms with E-state index in [9.17, 15) is 0 Å². The lowest BCUT2D eigenvalue weighted by Crippen LogP contribution is -2.27. The van der Waals surface area contributed by atoms with Crippen molar-refractivity contribution in [3.05, 3.63) is 20.8 Å². The van der Waals surface area contributed by atoms with Crippen LogP contribution >= 0.6 is 27.3 Å². The summed E-state index contributed by atoms with van der Waals surface area (Å²) in [6, 6.07) is 2.47. The summed E-state index contributed by atoms with van der Waals surface area (Å²) in [6.07, 6.45) is 12.0. The summed E-state index contributed by atoms with van der Waals surface area (Å²) in [5, 5.41) is 2.18. The lowest BCUT2D eigenvalue weighted by atomic mass is 10.0. The number of thiophene rings is 1. The van der Waals surface area contributed by atoms with Gasteiger partial charge in [0.2, 0.25) is 0 Å². The van der Waals surface area contributed by atoms with E-state index in [2.05, 4.69) is 39.7 Å². The van der Waals surface area contributed by atoms with Gasteiger partial charge in [0.05, 0.1) is 3.79 Å². The number of hydrogen-bond donors (Lipinski definition) is 2. The van der Waals surface area contributed by atoms with Crippen LogP contribution in [0.25, 0.3) is 0 Å². The second kappa shape index (κ2) is 10.8. The molecule has 1 rings (SSSR count). The van der Waals surface area contributed by atoms with Crippen LogP contribution in [0.1, 0.15) is 76.3 Å². The molecule has 110 valence electrons. The normalized spacial score (nSPS) is 12.8. The Morgan fingerprint density at radius 2 is 1.79 bits per heavy atom. The standard InChI is InChI=1S/C15H27BrN2S/c1-2-3-4-5-6-7-8-9-10-14(18-17)13-11-15(16)19-12-13/h11-12,14,18H,2-10,17H2,1H3. The molecule has 0 aliphatic heterocycles. The Kier molecular flexibility index (Phi) is 9.78. The van der Waals surface area contributed by atoms with Crippen molar-refractivity contribution in [3.63, 3.8) is 0 Å². The molecule has 0 bridgehead atoms. The van der Waals surface area contributed by atoms with Crippen molar-refractivity contribution in [1.82, 2.24) is 5.43 Å². The number of nitrogens with two attached hydrogens (primary N) is 1. The van der Waals surface area contributed by atoms with E-state index in [1.165, 1.54) is 60.7 Å². The van der Waals surface area contributed by atoms with Crippen molar-refractivity contribution in [1.29, 1.82) is 0 Å². The first kappa shape index (κ1) is 17.2. The average Bonchev–Trinajstić information content (AvgIpc) is 2.83. The largest absolute Gasteiger partial charge is 0.271 e. The number of hydrazine groups is 1. The Bertz CT molecular complexity index is 328. The third kappa shape index (κ3) is 7.45. The molecule has 0 amide bonds. The fourth-order valence-corrected chi connectivity index (χ4v) is 3.56. The highest BCUT2D eigenvalue weighted by molar-refractivity contribution is 9.11. The monoisotopic (exact) mass is 346 g/mol. The Labute approximate surface area is 130 Å². The molecule has 0 aliphatic carbocycles. The molecule has 4 heteroatoms. The molecule has 3 N–H and O–H groups in total. The van der Waals surface area contributed by atoms with E-state index >= 15 is 0 Å². The van der Waals surface area contributed by atoms with E-state index in [1.54, 1.807) is 11.3 Å². The van der Waals surface area contributed by atoms with Crippen molar-refractivity contribution in [3.8, 4) is 0 Å². The number of halogens is 1. The maximum Gasteiger partial charge on any atom is 0.0701 e. The Balaban J connectivity index is 2.07. The zero-order valence-corrected chi connectivity index (χ0v) is 14.4. The van der Waals surface area contributed by atoms with Gasteiger partial charge in [0, 0.05) is 6.04 Å². The van der Waals surface area contributed by atoms with Gasteiger partial charge in [-0.25, -0.2) is 0 Å². The molecule has 0 spiro atoms. The van der Waals surface area contributed by atoms with Crippen LogP contribution in [0.4, 0.5) is 0 Å². The summed E-state index contributed by atoms with van der Waals surface area (Å²) in [7, 11) is 0. The third-order valence-corrected chi connectivity index (χ3v) is 5.06. The summed E-state index contributed by atoms with van der Waals surface area (Å²) in [6.45, 7) is 2.27. The number of hydrogen-bond acceptors (Lipinski definition) is 3. The number of unbranched alkanes of at least 4 members (excludes halogenated alkanes) is 7. The number of nitrogens with one attached hydrogen (secondary N) is 1. The molecule has 1 aromatic heterocycles. The van der Waals surface area contributed by atoms with Crippen molar-refractivity contribution in [2.24, 2.45) is 5.84 Å². The summed E-state index contributed by atoms with van der Waals surface area (Å²) in [5.41, 5.74) is 4.24. The average molecular weight is 347 g/mol. The molecule has 0 fully saturated rings. The molecule has 0 saturated heterocycles. The van der Waals surface area contributed by atoms with Gasteiger partial charge in [0.15, 0.2) is 0 Å². The molecule has 19 heavy (non-hydrogen) atoms. The smallest absolute Gasteiger partial charge is 0.0701 e. The van der Waals surface area contributed by atoms with E-state index < -0.39 is 0 Å². The van der Waals surface area contributed by atoms with E-state index in [0.29, 0.717) is 6.04 Å². The Morgan fingerprint density at radius 1 is 1.16 bits per heavy atom. The predicted octanol–water partition coefficient (Wildman–Crippen LogP) is 5.55. The second-order valence-electron chi connectivity index (χ2n) is 5.17. The van der Waals surface area contributed by atoms with Crippen LogP contribution in [0.3, 0.4) is 0 Å². The molecule has 2 nitrogen and oxygen atoms in total. The fraction of sp³-hybridized carbons (Fsp3) is 0.733. The van der Waals surface area contributed by atoms with E-state index in [4.69, 9.17) is 5.84 Å². The molecule has 1 unspecified atom stereocenters. The SMILES string of the molecule is CCCCCCCCCCC(NN)c1csc(Br)c1.